The summed E-state index contributed by atoms with van der Waals surface area (Å²) in [5, 5.41) is 0. The minimum Gasteiger partial charge on any atom is -0.371 e. The highest BCUT2D eigenvalue weighted by Gasteiger charge is 2.40. The molecule has 1 aromatic carbocycles. The third-order valence-electron chi connectivity index (χ3n) is 3.74. The van der Waals surface area contributed by atoms with Gasteiger partial charge < -0.3 is 9.47 Å². The van der Waals surface area contributed by atoms with Gasteiger partial charge in [0.2, 0.25) is 0 Å². The number of benzene rings is 1. The zero-order valence-electron chi connectivity index (χ0n) is 14.0. The third-order valence-corrected chi connectivity index (χ3v) is 3.74. The Morgan fingerprint density at radius 3 is 2.17 bits per heavy atom. The Balaban J connectivity index is 3.28. The van der Waals surface area contributed by atoms with E-state index in [0.717, 1.165) is 18.4 Å². The van der Waals surface area contributed by atoms with Crippen LogP contribution in [-0.4, -0.2) is 19.3 Å². The van der Waals surface area contributed by atoms with Crippen LogP contribution in [0.15, 0.2) is 81.0 Å². The van der Waals surface area contributed by atoms with Gasteiger partial charge in [0.25, 0.3) is 0 Å². The highest BCUT2D eigenvalue weighted by atomic mass is 16.5. The van der Waals surface area contributed by atoms with Crippen LogP contribution >= 0.6 is 0 Å². The number of rotatable bonds is 13. The van der Waals surface area contributed by atoms with Crippen molar-refractivity contribution in [3.05, 3.63) is 86.5 Å². The van der Waals surface area contributed by atoms with E-state index in [1.807, 2.05) is 30.4 Å². The monoisotopic (exact) mass is 312 g/mol. The predicted octanol–water partition coefficient (Wildman–Crippen LogP) is 5.20. The van der Waals surface area contributed by atoms with Crippen LogP contribution in [0.1, 0.15) is 24.8 Å². The Kier molecular flexibility index (Phi) is 8.96. The maximum absolute atomic E-state index is 6.28. The van der Waals surface area contributed by atoms with Crippen LogP contribution in [0.5, 0.6) is 0 Å². The number of hydrogen-bond donors (Lipinski definition) is 0. The summed E-state index contributed by atoms with van der Waals surface area (Å²) < 4.78 is 12.4. The first-order valence-corrected chi connectivity index (χ1v) is 7.99. The van der Waals surface area contributed by atoms with Gasteiger partial charge in [-0.15, -0.1) is 26.3 Å². The van der Waals surface area contributed by atoms with Gasteiger partial charge in [-0.2, -0.15) is 0 Å². The minimum atomic E-state index is -0.594. The highest BCUT2D eigenvalue weighted by molar-refractivity contribution is 5.26. The Bertz CT molecular complexity index is 480. The summed E-state index contributed by atoms with van der Waals surface area (Å²) >= 11 is 0. The molecule has 2 atom stereocenters. The normalized spacial score (nSPS) is 14.4. The van der Waals surface area contributed by atoms with Gasteiger partial charge in [0.05, 0.1) is 19.3 Å². The van der Waals surface area contributed by atoms with E-state index in [2.05, 4.69) is 38.4 Å². The average molecular weight is 312 g/mol. The topological polar surface area (TPSA) is 18.5 Å². The fraction of sp³-hybridized carbons (Fsp3) is 0.333. The molecule has 0 aliphatic heterocycles. The van der Waals surface area contributed by atoms with E-state index in [1.54, 1.807) is 12.2 Å². The van der Waals surface area contributed by atoms with Gasteiger partial charge in [-0.25, -0.2) is 0 Å². The predicted molar refractivity (Wildman–Crippen MR) is 98.5 cm³/mol. The van der Waals surface area contributed by atoms with E-state index in [1.165, 1.54) is 0 Å². The summed E-state index contributed by atoms with van der Waals surface area (Å²) in [6.45, 7) is 16.2. The van der Waals surface area contributed by atoms with Gasteiger partial charge >= 0.3 is 0 Å². The molecule has 1 rings (SSSR count). The minimum absolute atomic E-state index is 0.126. The van der Waals surface area contributed by atoms with Crippen molar-refractivity contribution in [2.24, 2.45) is 0 Å². The Hall–Kier alpha value is -1.90. The molecule has 2 heteroatoms. The summed E-state index contributed by atoms with van der Waals surface area (Å²) in [6, 6.07) is 10.2. The van der Waals surface area contributed by atoms with Crippen LogP contribution in [0.2, 0.25) is 0 Å². The van der Waals surface area contributed by atoms with Crippen LogP contribution in [-0.2, 0) is 15.1 Å². The first kappa shape index (κ1) is 19.1. The molecule has 124 valence electrons. The van der Waals surface area contributed by atoms with E-state index in [-0.39, 0.29) is 6.10 Å². The fourth-order valence-electron chi connectivity index (χ4n) is 2.72. The first-order chi connectivity index (χ1) is 11.2. The Morgan fingerprint density at radius 2 is 1.61 bits per heavy atom. The number of allylic oxidation sites excluding steroid dienone is 1. The van der Waals surface area contributed by atoms with Crippen LogP contribution in [0.4, 0.5) is 0 Å². The summed E-state index contributed by atoms with van der Waals surface area (Å²) in [5.74, 6) is 0. The summed E-state index contributed by atoms with van der Waals surface area (Å²) in [7, 11) is 0. The molecule has 0 aliphatic carbocycles. The van der Waals surface area contributed by atoms with E-state index in [9.17, 15) is 0 Å². The molecular weight excluding hydrogens is 284 g/mol. The molecule has 0 aromatic heterocycles. The van der Waals surface area contributed by atoms with Crippen LogP contribution < -0.4 is 0 Å². The molecule has 0 bridgehead atoms. The zero-order chi connectivity index (χ0) is 17.0. The number of ether oxygens (including phenoxy) is 2. The molecule has 0 N–H and O–H groups in total. The third kappa shape index (κ3) is 5.34. The molecule has 0 heterocycles. The van der Waals surface area contributed by atoms with Crippen molar-refractivity contribution in [2.75, 3.05) is 13.2 Å². The van der Waals surface area contributed by atoms with Gasteiger partial charge in [-0.1, -0.05) is 54.6 Å². The molecule has 1 aromatic rings. The molecule has 2 nitrogen and oxygen atoms in total. The lowest BCUT2D eigenvalue weighted by Gasteiger charge is -2.40. The van der Waals surface area contributed by atoms with Crippen molar-refractivity contribution >= 4 is 0 Å². The summed E-state index contributed by atoms with van der Waals surface area (Å²) in [4.78, 5) is 0. The lowest BCUT2D eigenvalue weighted by molar-refractivity contribution is -0.142. The van der Waals surface area contributed by atoms with Gasteiger partial charge in [0.1, 0.15) is 5.60 Å². The van der Waals surface area contributed by atoms with E-state index in [4.69, 9.17) is 9.47 Å². The van der Waals surface area contributed by atoms with Crippen LogP contribution in [0, 0.1) is 0 Å². The molecule has 23 heavy (non-hydrogen) atoms. The smallest absolute Gasteiger partial charge is 0.123 e. The molecule has 0 amide bonds. The molecule has 0 unspecified atom stereocenters. The van der Waals surface area contributed by atoms with Crippen molar-refractivity contribution in [3.63, 3.8) is 0 Å². The molecule has 0 radical (unpaired) electrons. The van der Waals surface area contributed by atoms with Crippen molar-refractivity contribution in [3.8, 4) is 0 Å². The maximum Gasteiger partial charge on any atom is 0.123 e. The SMILES string of the molecule is C=CCC[C@H](OCC=C)[C@](CC=C)(OCC=C)c1ccccc1. The molecule has 0 saturated heterocycles. The van der Waals surface area contributed by atoms with Crippen molar-refractivity contribution in [1.82, 2.24) is 0 Å². The van der Waals surface area contributed by atoms with Crippen molar-refractivity contribution in [2.45, 2.75) is 31.0 Å². The first-order valence-electron chi connectivity index (χ1n) is 7.99. The molecule has 0 spiro atoms. The molecular formula is C21H28O2. The fourth-order valence-corrected chi connectivity index (χ4v) is 2.72. The van der Waals surface area contributed by atoms with Crippen LogP contribution in [0.25, 0.3) is 0 Å². The molecule has 0 aliphatic rings. The van der Waals surface area contributed by atoms with Crippen molar-refractivity contribution < 1.29 is 9.47 Å². The lowest BCUT2D eigenvalue weighted by atomic mass is 9.82. The quantitative estimate of drug-likeness (QED) is 0.466. The molecule has 0 fully saturated rings. The highest BCUT2D eigenvalue weighted by Crippen LogP contribution is 2.37. The van der Waals surface area contributed by atoms with Gasteiger partial charge in [0, 0.05) is 6.42 Å². The Morgan fingerprint density at radius 1 is 0.913 bits per heavy atom. The maximum atomic E-state index is 6.28. The average Bonchev–Trinajstić information content (AvgIpc) is 2.60. The van der Waals surface area contributed by atoms with Crippen molar-refractivity contribution in [1.29, 1.82) is 0 Å². The summed E-state index contributed by atoms with van der Waals surface area (Å²) in [5.41, 5.74) is 0.489. The Labute approximate surface area is 140 Å². The second-order valence-electron chi connectivity index (χ2n) is 5.32. The van der Waals surface area contributed by atoms with Gasteiger partial charge in [-0.3, -0.25) is 0 Å². The van der Waals surface area contributed by atoms with Crippen LogP contribution in [0.3, 0.4) is 0 Å². The van der Waals surface area contributed by atoms with E-state index in [0.29, 0.717) is 19.6 Å². The lowest BCUT2D eigenvalue weighted by Crippen LogP contribution is -2.44. The summed E-state index contributed by atoms with van der Waals surface area (Å²) in [6.07, 6.45) is 9.51. The molecule has 0 saturated carbocycles. The van der Waals surface area contributed by atoms with E-state index >= 15 is 0 Å². The second-order valence-corrected chi connectivity index (χ2v) is 5.32. The van der Waals surface area contributed by atoms with E-state index < -0.39 is 5.60 Å². The number of hydrogen-bond acceptors (Lipinski definition) is 2. The van der Waals surface area contributed by atoms with Gasteiger partial charge in [0.15, 0.2) is 0 Å². The second kappa shape index (κ2) is 10.8. The van der Waals surface area contributed by atoms with Gasteiger partial charge in [-0.05, 0) is 18.4 Å². The standard InChI is InChI=1S/C21H28O2/c1-5-9-15-20(22-17-7-3)21(16-6-2,23-18-8-4)19-13-11-10-12-14-19/h5-8,10-14,20H,1-4,9,15-18H2/t20-,21+/m0/s1. The zero-order valence-corrected chi connectivity index (χ0v) is 14.0. The largest absolute Gasteiger partial charge is 0.371 e.